The Morgan fingerprint density at radius 1 is 1.25 bits per heavy atom. The van der Waals surface area contributed by atoms with E-state index in [0.29, 0.717) is 32.1 Å². The lowest BCUT2D eigenvalue weighted by Gasteiger charge is -2.34. The Hall–Kier alpha value is -0.970. The SMILES string of the molecule is COC(=O)N1CCN(C(=O)C(C)CCl)CC1. The van der Waals surface area contributed by atoms with E-state index in [0.717, 1.165) is 0 Å². The summed E-state index contributed by atoms with van der Waals surface area (Å²) in [6, 6.07) is 0. The number of methoxy groups -OCH3 is 1. The molecule has 5 nitrogen and oxygen atoms in total. The minimum atomic E-state index is -0.336. The van der Waals surface area contributed by atoms with Crippen LogP contribution in [-0.4, -0.2) is 61.0 Å². The van der Waals surface area contributed by atoms with E-state index in [1.807, 2.05) is 6.92 Å². The molecule has 0 aromatic rings. The van der Waals surface area contributed by atoms with Crippen molar-refractivity contribution in [3.63, 3.8) is 0 Å². The van der Waals surface area contributed by atoms with Crippen molar-refractivity contribution in [3.8, 4) is 0 Å². The molecule has 1 atom stereocenters. The van der Waals surface area contributed by atoms with Crippen molar-refractivity contribution in [2.75, 3.05) is 39.2 Å². The molecular formula is C10H17ClN2O3. The summed E-state index contributed by atoms with van der Waals surface area (Å²) in [5, 5.41) is 0. The zero-order chi connectivity index (χ0) is 12.1. The molecule has 1 saturated heterocycles. The molecule has 6 heteroatoms. The molecule has 0 aliphatic carbocycles. The van der Waals surface area contributed by atoms with Gasteiger partial charge in [0.25, 0.3) is 0 Å². The summed E-state index contributed by atoms with van der Waals surface area (Å²) >= 11 is 5.64. The van der Waals surface area contributed by atoms with E-state index >= 15 is 0 Å². The van der Waals surface area contributed by atoms with Crippen LogP contribution in [0.15, 0.2) is 0 Å². The predicted octanol–water partition coefficient (Wildman–Crippen LogP) is 0.772. The number of carbonyl (C=O) groups is 2. The Kier molecular flexibility index (Phi) is 4.86. The number of hydrogen-bond acceptors (Lipinski definition) is 3. The molecule has 0 spiro atoms. The summed E-state index contributed by atoms with van der Waals surface area (Å²) < 4.78 is 4.62. The summed E-state index contributed by atoms with van der Waals surface area (Å²) in [6.45, 7) is 3.95. The summed E-state index contributed by atoms with van der Waals surface area (Å²) in [5.41, 5.74) is 0. The summed E-state index contributed by atoms with van der Waals surface area (Å²) in [6.07, 6.45) is -0.336. The molecule has 0 N–H and O–H groups in total. The third-order valence-electron chi connectivity index (χ3n) is 2.68. The van der Waals surface area contributed by atoms with Gasteiger partial charge in [0.05, 0.1) is 7.11 Å². The standard InChI is InChI=1S/C10H17ClN2O3/c1-8(7-11)9(14)12-3-5-13(6-4-12)10(15)16-2/h8H,3-7H2,1-2H3. The second-order valence-corrected chi connectivity index (χ2v) is 4.15. The van der Waals surface area contributed by atoms with Crippen molar-refractivity contribution in [2.24, 2.45) is 5.92 Å². The van der Waals surface area contributed by atoms with Crippen LogP contribution in [0, 0.1) is 5.92 Å². The smallest absolute Gasteiger partial charge is 0.409 e. The third-order valence-corrected chi connectivity index (χ3v) is 3.14. The molecule has 16 heavy (non-hydrogen) atoms. The fourth-order valence-corrected chi connectivity index (χ4v) is 1.75. The molecule has 0 saturated carbocycles. The molecular weight excluding hydrogens is 232 g/mol. The lowest BCUT2D eigenvalue weighted by Crippen LogP contribution is -2.51. The molecule has 0 radical (unpaired) electrons. The average molecular weight is 249 g/mol. The number of ether oxygens (including phenoxy) is 1. The van der Waals surface area contributed by atoms with Crippen LogP contribution in [0.4, 0.5) is 4.79 Å². The highest BCUT2D eigenvalue weighted by atomic mass is 35.5. The van der Waals surface area contributed by atoms with Crippen molar-refractivity contribution >= 4 is 23.6 Å². The van der Waals surface area contributed by atoms with Gasteiger partial charge in [0.2, 0.25) is 5.91 Å². The van der Waals surface area contributed by atoms with Crippen molar-refractivity contribution in [1.29, 1.82) is 0 Å². The van der Waals surface area contributed by atoms with E-state index in [-0.39, 0.29) is 17.9 Å². The van der Waals surface area contributed by atoms with E-state index in [2.05, 4.69) is 4.74 Å². The van der Waals surface area contributed by atoms with Gasteiger partial charge in [0.15, 0.2) is 0 Å². The molecule has 1 fully saturated rings. The van der Waals surface area contributed by atoms with Gasteiger partial charge in [0.1, 0.15) is 0 Å². The van der Waals surface area contributed by atoms with E-state index in [9.17, 15) is 9.59 Å². The van der Waals surface area contributed by atoms with E-state index in [1.54, 1.807) is 9.80 Å². The van der Waals surface area contributed by atoms with Crippen LogP contribution in [0.1, 0.15) is 6.92 Å². The van der Waals surface area contributed by atoms with Crippen molar-refractivity contribution in [2.45, 2.75) is 6.92 Å². The zero-order valence-electron chi connectivity index (χ0n) is 9.61. The lowest BCUT2D eigenvalue weighted by molar-refractivity contribution is -0.135. The minimum absolute atomic E-state index is 0.0551. The molecule has 0 bridgehead atoms. The van der Waals surface area contributed by atoms with Gasteiger partial charge in [0, 0.05) is 38.0 Å². The Morgan fingerprint density at radius 3 is 2.19 bits per heavy atom. The van der Waals surface area contributed by atoms with Crippen molar-refractivity contribution in [1.82, 2.24) is 9.80 Å². The first-order chi connectivity index (χ1) is 7.60. The number of halogens is 1. The zero-order valence-corrected chi connectivity index (χ0v) is 10.4. The van der Waals surface area contributed by atoms with Crippen LogP contribution >= 0.6 is 11.6 Å². The highest BCUT2D eigenvalue weighted by Gasteiger charge is 2.26. The monoisotopic (exact) mass is 248 g/mol. The molecule has 1 aliphatic heterocycles. The number of rotatable bonds is 2. The fraction of sp³-hybridized carbons (Fsp3) is 0.800. The molecule has 1 heterocycles. The Balaban J connectivity index is 2.43. The number of hydrogen-bond donors (Lipinski definition) is 0. The summed E-state index contributed by atoms with van der Waals surface area (Å²) in [5.74, 6) is 0.224. The predicted molar refractivity (Wildman–Crippen MR) is 60.4 cm³/mol. The highest BCUT2D eigenvalue weighted by Crippen LogP contribution is 2.09. The van der Waals surface area contributed by atoms with Gasteiger partial charge < -0.3 is 14.5 Å². The van der Waals surface area contributed by atoms with Crippen LogP contribution in [0.25, 0.3) is 0 Å². The molecule has 0 aromatic carbocycles. The van der Waals surface area contributed by atoms with Crippen LogP contribution in [0.3, 0.4) is 0 Å². The number of nitrogens with zero attached hydrogens (tertiary/aromatic N) is 2. The maximum atomic E-state index is 11.8. The second-order valence-electron chi connectivity index (χ2n) is 3.84. The van der Waals surface area contributed by atoms with E-state index in [1.165, 1.54) is 7.11 Å². The lowest BCUT2D eigenvalue weighted by atomic mass is 10.1. The summed E-state index contributed by atoms with van der Waals surface area (Å²) in [7, 11) is 1.36. The van der Waals surface area contributed by atoms with Gasteiger partial charge in [-0.05, 0) is 0 Å². The molecule has 0 aromatic heterocycles. The van der Waals surface area contributed by atoms with E-state index < -0.39 is 0 Å². The van der Waals surface area contributed by atoms with Gasteiger partial charge in [-0.1, -0.05) is 6.92 Å². The maximum absolute atomic E-state index is 11.8. The van der Waals surface area contributed by atoms with Crippen molar-refractivity contribution in [3.05, 3.63) is 0 Å². The Labute approximate surface area is 100 Å². The Bertz CT molecular complexity index is 265. The van der Waals surface area contributed by atoms with Gasteiger partial charge in [-0.25, -0.2) is 4.79 Å². The first kappa shape index (κ1) is 13.1. The molecule has 1 aliphatic rings. The number of amides is 2. The van der Waals surface area contributed by atoms with Gasteiger partial charge in [-0.2, -0.15) is 0 Å². The van der Waals surface area contributed by atoms with Crippen molar-refractivity contribution < 1.29 is 14.3 Å². The normalized spacial score (nSPS) is 18.2. The third kappa shape index (κ3) is 3.01. The largest absolute Gasteiger partial charge is 0.453 e. The minimum Gasteiger partial charge on any atom is -0.453 e. The Morgan fingerprint density at radius 2 is 1.75 bits per heavy atom. The highest BCUT2D eigenvalue weighted by molar-refractivity contribution is 6.19. The average Bonchev–Trinajstić information content (AvgIpc) is 2.36. The topological polar surface area (TPSA) is 49.9 Å². The summed E-state index contributed by atoms with van der Waals surface area (Å²) in [4.78, 5) is 26.3. The van der Waals surface area contributed by atoms with Gasteiger partial charge in [-0.3, -0.25) is 4.79 Å². The first-order valence-electron chi connectivity index (χ1n) is 5.27. The number of piperazine rings is 1. The fourth-order valence-electron chi connectivity index (χ4n) is 1.62. The van der Waals surface area contributed by atoms with Crippen LogP contribution in [0.2, 0.25) is 0 Å². The van der Waals surface area contributed by atoms with Crippen LogP contribution in [0.5, 0.6) is 0 Å². The number of alkyl halides is 1. The van der Waals surface area contributed by atoms with Gasteiger partial charge >= 0.3 is 6.09 Å². The molecule has 1 unspecified atom stereocenters. The second kappa shape index (κ2) is 5.94. The van der Waals surface area contributed by atoms with E-state index in [4.69, 9.17) is 11.6 Å². The van der Waals surface area contributed by atoms with Crippen LogP contribution < -0.4 is 0 Å². The quantitative estimate of drug-likeness (QED) is 0.679. The molecule has 2 amide bonds. The molecule has 92 valence electrons. The first-order valence-corrected chi connectivity index (χ1v) is 5.81. The molecule has 1 rings (SSSR count). The van der Waals surface area contributed by atoms with Crippen LogP contribution in [-0.2, 0) is 9.53 Å². The maximum Gasteiger partial charge on any atom is 0.409 e. The van der Waals surface area contributed by atoms with Gasteiger partial charge in [-0.15, -0.1) is 11.6 Å². The number of carbonyl (C=O) groups excluding carboxylic acids is 2.